The highest BCUT2D eigenvalue weighted by molar-refractivity contribution is 6.07. The highest BCUT2D eigenvalue weighted by Gasteiger charge is 2.68. The number of nitrogens with two attached hydrogens (primary N) is 1. The minimum atomic E-state index is -0.806. The molecule has 40 heavy (non-hydrogen) atoms. The number of nitrogens with zero attached hydrogens (tertiary/aromatic N) is 4. The Morgan fingerprint density at radius 2 is 1.70 bits per heavy atom. The van der Waals surface area contributed by atoms with Gasteiger partial charge in [0.1, 0.15) is 16.9 Å². The van der Waals surface area contributed by atoms with Gasteiger partial charge >= 0.3 is 11.7 Å². The van der Waals surface area contributed by atoms with Crippen molar-refractivity contribution in [1.29, 1.82) is 5.41 Å². The van der Waals surface area contributed by atoms with Crippen molar-refractivity contribution in [3.63, 3.8) is 0 Å². The largest absolute Gasteiger partial charge is 0.494 e. The van der Waals surface area contributed by atoms with Crippen LogP contribution < -0.4 is 17.0 Å². The Balaban J connectivity index is 1.12. The molecule has 1 aromatic heterocycles. The first-order valence-electron chi connectivity index (χ1n) is 14.6. The predicted molar refractivity (Wildman–Crippen MR) is 143 cm³/mol. The molecule has 1 atom stereocenters. The lowest BCUT2D eigenvalue weighted by Crippen LogP contribution is -2.65. The highest BCUT2D eigenvalue weighted by atomic mass is 16.5. The Morgan fingerprint density at radius 3 is 2.23 bits per heavy atom. The molecule has 3 spiro atoms. The van der Waals surface area contributed by atoms with Crippen LogP contribution in [-0.4, -0.2) is 74.2 Å². The second-order valence-electron chi connectivity index (χ2n) is 13.6. The van der Waals surface area contributed by atoms with Crippen molar-refractivity contribution in [2.75, 3.05) is 26.8 Å². The third kappa shape index (κ3) is 3.43. The molecule has 6 aliphatic rings. The standard InChI is InChI=1S/C28H38N6O6/c1-31-23(37)28(33(24(31)38)10-16-12-40-13-16)14-26(15-28)5-3-18(4-6-26)34-22(36)19(20(29)30)21(35)32(25(34)39)11-17-2-7-27(17)8-9-27/h16-18,35H,2-15H2,1H3,(H3,29,30)/t17-,18?,26?,28?/m1/s1. The van der Waals surface area contributed by atoms with Crippen LogP contribution in [0.5, 0.6) is 5.88 Å². The number of aromatic hydroxyl groups is 1. The summed E-state index contributed by atoms with van der Waals surface area (Å²) in [5.41, 5.74) is 3.52. The molecular weight excluding hydrogens is 516 g/mol. The number of nitrogens with one attached hydrogen (secondary N) is 1. The zero-order chi connectivity index (χ0) is 28.2. The van der Waals surface area contributed by atoms with Crippen LogP contribution in [0.25, 0.3) is 0 Å². The average molecular weight is 555 g/mol. The van der Waals surface area contributed by atoms with Crippen LogP contribution in [0.2, 0.25) is 0 Å². The Kier molecular flexibility index (Phi) is 5.44. The molecule has 4 saturated carbocycles. The van der Waals surface area contributed by atoms with E-state index >= 15 is 0 Å². The molecule has 0 radical (unpaired) electrons. The molecule has 2 saturated heterocycles. The molecule has 2 aliphatic heterocycles. The van der Waals surface area contributed by atoms with E-state index < -0.39 is 28.5 Å². The number of imide groups is 1. The van der Waals surface area contributed by atoms with E-state index in [0.717, 1.165) is 38.5 Å². The summed E-state index contributed by atoms with van der Waals surface area (Å²) in [4.78, 5) is 56.3. The molecule has 12 nitrogen and oxygen atoms in total. The van der Waals surface area contributed by atoms with Gasteiger partial charge in [0.05, 0.1) is 13.2 Å². The number of urea groups is 1. The van der Waals surface area contributed by atoms with E-state index in [-0.39, 0.29) is 46.2 Å². The van der Waals surface area contributed by atoms with Crippen molar-refractivity contribution in [3.05, 3.63) is 26.4 Å². The van der Waals surface area contributed by atoms with Gasteiger partial charge in [-0.05, 0) is 81.0 Å². The number of hydrogen-bond donors (Lipinski definition) is 3. The number of ether oxygens (including phenoxy) is 1. The number of hydrogen-bond acceptors (Lipinski definition) is 7. The molecule has 6 fully saturated rings. The number of carbonyl (C=O) groups is 2. The third-order valence-electron chi connectivity index (χ3n) is 11.4. The average Bonchev–Trinajstić information content (AvgIpc) is 3.66. The molecule has 1 aromatic rings. The van der Waals surface area contributed by atoms with Crippen molar-refractivity contribution >= 4 is 17.8 Å². The fourth-order valence-corrected chi connectivity index (χ4v) is 8.60. The molecule has 216 valence electrons. The lowest BCUT2D eigenvalue weighted by atomic mass is 9.51. The summed E-state index contributed by atoms with van der Waals surface area (Å²) in [6, 6.07) is -0.622. The molecule has 3 amide bonds. The molecule has 7 rings (SSSR count). The number of amides is 3. The van der Waals surface area contributed by atoms with Gasteiger partial charge in [0.15, 0.2) is 0 Å². The SMILES string of the molecule is CN1C(=O)N(CC2COC2)C2(CC3(CCC(n4c(=O)c(C(=N)N)c(O)n(C[C@H]5CCC56CC6)c4=O)CC3)C2)C1=O. The van der Waals surface area contributed by atoms with Crippen LogP contribution in [0.15, 0.2) is 9.59 Å². The summed E-state index contributed by atoms with van der Waals surface area (Å²) in [6.45, 7) is 2.06. The van der Waals surface area contributed by atoms with Crippen LogP contribution in [0.1, 0.15) is 75.8 Å². The van der Waals surface area contributed by atoms with E-state index in [1.165, 1.54) is 14.0 Å². The molecule has 0 bridgehead atoms. The highest BCUT2D eigenvalue weighted by Crippen LogP contribution is 2.65. The van der Waals surface area contributed by atoms with E-state index in [1.54, 1.807) is 11.9 Å². The number of rotatable bonds is 6. The van der Waals surface area contributed by atoms with Gasteiger partial charge in [-0.25, -0.2) is 9.59 Å². The Labute approximate surface area is 231 Å². The van der Waals surface area contributed by atoms with E-state index in [9.17, 15) is 24.3 Å². The van der Waals surface area contributed by atoms with Gasteiger partial charge in [0, 0.05) is 32.1 Å². The van der Waals surface area contributed by atoms with Crippen LogP contribution in [0, 0.1) is 28.1 Å². The first kappa shape index (κ1) is 25.8. The number of likely N-dealkylation sites (N-methyl/N-ethyl adjacent to an activating group) is 1. The van der Waals surface area contributed by atoms with E-state index in [1.807, 2.05) is 0 Å². The summed E-state index contributed by atoms with van der Waals surface area (Å²) in [5.74, 6) is -0.653. The first-order valence-corrected chi connectivity index (χ1v) is 14.6. The van der Waals surface area contributed by atoms with E-state index in [0.29, 0.717) is 52.0 Å². The third-order valence-corrected chi connectivity index (χ3v) is 11.4. The lowest BCUT2D eigenvalue weighted by Gasteiger charge is -2.58. The summed E-state index contributed by atoms with van der Waals surface area (Å²) in [6.07, 6.45) is 8.13. The van der Waals surface area contributed by atoms with Gasteiger partial charge in [0.2, 0.25) is 5.88 Å². The maximum Gasteiger partial charge on any atom is 0.334 e. The molecule has 4 aliphatic carbocycles. The van der Waals surface area contributed by atoms with Crippen molar-refractivity contribution in [3.8, 4) is 5.88 Å². The smallest absolute Gasteiger partial charge is 0.334 e. The van der Waals surface area contributed by atoms with Crippen molar-refractivity contribution in [1.82, 2.24) is 18.9 Å². The summed E-state index contributed by atoms with van der Waals surface area (Å²) in [5, 5.41) is 18.9. The van der Waals surface area contributed by atoms with E-state index in [2.05, 4.69) is 0 Å². The minimum absolute atomic E-state index is 0.126. The molecule has 4 N–H and O–H groups in total. The fraction of sp³-hybridized carbons (Fsp3) is 0.750. The molecule has 3 heterocycles. The zero-order valence-corrected chi connectivity index (χ0v) is 23.0. The second kappa shape index (κ2) is 8.43. The van der Waals surface area contributed by atoms with Crippen molar-refractivity contribution in [2.24, 2.45) is 28.4 Å². The Morgan fingerprint density at radius 1 is 1.02 bits per heavy atom. The lowest BCUT2D eigenvalue weighted by molar-refractivity contribution is -0.152. The number of amidine groups is 1. The van der Waals surface area contributed by atoms with Crippen molar-refractivity contribution in [2.45, 2.75) is 82.3 Å². The number of nitrogen functional groups attached to an aromatic ring is 1. The van der Waals surface area contributed by atoms with Crippen LogP contribution in [0.4, 0.5) is 4.79 Å². The predicted octanol–water partition coefficient (Wildman–Crippen LogP) is 1.36. The number of aromatic nitrogens is 2. The summed E-state index contributed by atoms with van der Waals surface area (Å²) in [7, 11) is 1.55. The quantitative estimate of drug-likeness (QED) is 0.271. The minimum Gasteiger partial charge on any atom is -0.494 e. The van der Waals surface area contributed by atoms with Crippen LogP contribution in [-0.2, 0) is 16.1 Å². The first-order chi connectivity index (χ1) is 19.0. The summed E-state index contributed by atoms with van der Waals surface area (Å²) < 4.78 is 7.78. The monoisotopic (exact) mass is 554 g/mol. The Hall–Kier alpha value is -3.15. The number of carbonyl (C=O) groups excluding carboxylic acids is 2. The normalized spacial score (nSPS) is 34.3. The summed E-state index contributed by atoms with van der Waals surface area (Å²) >= 11 is 0. The zero-order valence-electron chi connectivity index (χ0n) is 23.0. The molecule has 12 heteroatoms. The topological polar surface area (TPSA) is 164 Å². The molecule has 0 unspecified atom stereocenters. The van der Waals surface area contributed by atoms with Gasteiger partial charge < -0.3 is 20.5 Å². The molecular formula is C28H38N6O6. The van der Waals surface area contributed by atoms with Gasteiger partial charge in [-0.15, -0.1) is 0 Å². The van der Waals surface area contributed by atoms with E-state index in [4.69, 9.17) is 15.9 Å². The molecule has 0 aromatic carbocycles. The maximum atomic E-state index is 13.7. The second-order valence-corrected chi connectivity index (χ2v) is 13.6. The van der Waals surface area contributed by atoms with Crippen LogP contribution >= 0.6 is 0 Å². The Bertz CT molecular complexity index is 1420. The van der Waals surface area contributed by atoms with Gasteiger partial charge in [-0.2, -0.15) is 0 Å². The fourth-order valence-electron chi connectivity index (χ4n) is 8.60. The van der Waals surface area contributed by atoms with Gasteiger partial charge in [-0.3, -0.25) is 29.0 Å². The van der Waals surface area contributed by atoms with Gasteiger partial charge in [0.25, 0.3) is 11.5 Å². The van der Waals surface area contributed by atoms with Crippen molar-refractivity contribution < 1.29 is 19.4 Å². The van der Waals surface area contributed by atoms with Crippen LogP contribution in [0.3, 0.4) is 0 Å². The van der Waals surface area contributed by atoms with Gasteiger partial charge in [-0.1, -0.05) is 0 Å². The maximum absolute atomic E-state index is 13.7.